The zero-order valence-electron chi connectivity index (χ0n) is 18.6. The summed E-state index contributed by atoms with van der Waals surface area (Å²) in [6.07, 6.45) is 20.0. The number of benzene rings is 3. The molecule has 0 saturated heterocycles. The van der Waals surface area contributed by atoms with Crippen molar-refractivity contribution >= 4 is 12.2 Å². The van der Waals surface area contributed by atoms with Crippen molar-refractivity contribution in [3.63, 3.8) is 0 Å². The number of aryl methyl sites for hydroxylation is 2. The van der Waals surface area contributed by atoms with Crippen LogP contribution >= 0.6 is 0 Å². The average Bonchev–Trinajstić information content (AvgIpc) is 3.17. The summed E-state index contributed by atoms with van der Waals surface area (Å²) in [4.78, 5) is 0. The van der Waals surface area contributed by atoms with E-state index >= 15 is 0 Å². The van der Waals surface area contributed by atoms with Gasteiger partial charge in [-0.3, -0.25) is 0 Å². The molecule has 158 valence electrons. The maximum Gasteiger partial charge on any atom is 0.00305 e. The van der Waals surface area contributed by atoms with E-state index in [9.17, 15) is 0 Å². The first-order valence-corrected chi connectivity index (χ1v) is 11.5. The minimum atomic E-state index is 0.532. The normalized spacial score (nSPS) is 17.2. The molecule has 1 unspecified atom stereocenters. The molecule has 32 heavy (non-hydrogen) atoms. The zero-order chi connectivity index (χ0) is 21.8. The summed E-state index contributed by atoms with van der Waals surface area (Å²) in [5.74, 6) is 0.532. The van der Waals surface area contributed by atoms with Crippen molar-refractivity contribution in [2.45, 2.75) is 32.1 Å². The summed E-state index contributed by atoms with van der Waals surface area (Å²) in [6.45, 7) is 2.19. The molecule has 2 aliphatic carbocycles. The Morgan fingerprint density at radius 1 is 0.750 bits per heavy atom. The first-order valence-electron chi connectivity index (χ1n) is 11.5. The molecule has 0 saturated carbocycles. The average molecular weight is 416 g/mol. The molecule has 3 aromatic rings. The Balaban J connectivity index is 0.000000265. The molecule has 0 spiro atoms. The van der Waals surface area contributed by atoms with Crippen LogP contribution in [0.3, 0.4) is 0 Å². The highest BCUT2D eigenvalue weighted by atomic mass is 14.8. The van der Waals surface area contributed by atoms with E-state index in [1.807, 2.05) is 36.7 Å². The first-order chi connectivity index (χ1) is 15.8. The van der Waals surface area contributed by atoms with Gasteiger partial charge in [-0.1, -0.05) is 90.5 Å². The van der Waals surface area contributed by atoms with Crippen LogP contribution < -0.4 is 15.8 Å². The topological polar surface area (TPSA) is 12.0 Å². The predicted molar refractivity (Wildman–Crippen MR) is 137 cm³/mol. The van der Waals surface area contributed by atoms with E-state index in [0.29, 0.717) is 5.92 Å². The molecule has 1 nitrogen and oxygen atoms in total. The molecule has 0 radical (unpaired) electrons. The second-order valence-corrected chi connectivity index (χ2v) is 8.66. The Bertz CT molecular complexity index is 1320. The maximum absolute atomic E-state index is 2.92. The third kappa shape index (κ3) is 4.24. The van der Waals surface area contributed by atoms with Crippen LogP contribution in [-0.4, -0.2) is 0 Å². The van der Waals surface area contributed by atoms with E-state index in [1.54, 1.807) is 0 Å². The Labute approximate surface area is 190 Å². The van der Waals surface area contributed by atoms with Gasteiger partial charge in [-0.2, -0.15) is 0 Å². The minimum Gasteiger partial charge on any atom is -0.368 e. The Hall–Kier alpha value is -3.58. The summed E-state index contributed by atoms with van der Waals surface area (Å²) < 4.78 is 0. The van der Waals surface area contributed by atoms with Crippen LogP contribution in [0.2, 0.25) is 0 Å². The fourth-order valence-electron chi connectivity index (χ4n) is 4.89. The molecule has 6 rings (SSSR count). The second-order valence-electron chi connectivity index (χ2n) is 8.66. The molecule has 1 N–H and O–H groups in total. The van der Waals surface area contributed by atoms with Crippen molar-refractivity contribution < 1.29 is 0 Å². The lowest BCUT2D eigenvalue weighted by Crippen LogP contribution is -2.35. The van der Waals surface area contributed by atoms with Crippen LogP contribution in [0.15, 0.2) is 97.4 Å². The van der Waals surface area contributed by atoms with Crippen LogP contribution in [0.4, 0.5) is 0 Å². The van der Waals surface area contributed by atoms with Gasteiger partial charge in [-0.15, -0.1) is 0 Å². The maximum atomic E-state index is 2.92. The van der Waals surface area contributed by atoms with Crippen molar-refractivity contribution in [2.75, 3.05) is 0 Å². The van der Waals surface area contributed by atoms with E-state index in [0.717, 1.165) is 6.42 Å². The van der Waals surface area contributed by atoms with Crippen molar-refractivity contribution in [3.05, 3.63) is 130 Å². The lowest BCUT2D eigenvalue weighted by atomic mass is 9.82. The second kappa shape index (κ2) is 9.28. The summed E-state index contributed by atoms with van der Waals surface area (Å²) in [7, 11) is 0. The molecule has 0 amide bonds. The Morgan fingerprint density at radius 3 is 2.44 bits per heavy atom. The molecular formula is C31H29N. The Kier molecular flexibility index (Phi) is 5.89. The van der Waals surface area contributed by atoms with Gasteiger partial charge in [0.25, 0.3) is 0 Å². The fraction of sp³-hybridized carbons (Fsp3) is 0.161. The van der Waals surface area contributed by atoms with E-state index in [1.165, 1.54) is 56.7 Å². The lowest BCUT2D eigenvalue weighted by molar-refractivity contribution is 0.738. The molecule has 1 aliphatic heterocycles. The van der Waals surface area contributed by atoms with Crippen molar-refractivity contribution in [1.29, 1.82) is 0 Å². The summed E-state index contributed by atoms with van der Waals surface area (Å²) >= 11 is 0. The molecule has 1 heterocycles. The molecule has 0 aromatic heterocycles. The third-order valence-electron chi connectivity index (χ3n) is 6.49. The van der Waals surface area contributed by atoms with Gasteiger partial charge in [0, 0.05) is 18.3 Å². The molecule has 0 bridgehead atoms. The van der Waals surface area contributed by atoms with E-state index in [4.69, 9.17) is 0 Å². The molecular weight excluding hydrogens is 386 g/mol. The molecule has 0 fully saturated rings. The lowest BCUT2D eigenvalue weighted by Gasteiger charge is -2.22. The van der Waals surface area contributed by atoms with Crippen LogP contribution in [0.5, 0.6) is 0 Å². The van der Waals surface area contributed by atoms with Gasteiger partial charge in [0.15, 0.2) is 0 Å². The van der Waals surface area contributed by atoms with Gasteiger partial charge in [-0.25, -0.2) is 0 Å². The summed E-state index contributed by atoms with van der Waals surface area (Å²) in [5.41, 5.74) is 8.58. The van der Waals surface area contributed by atoms with Gasteiger partial charge in [0.1, 0.15) is 0 Å². The van der Waals surface area contributed by atoms with Crippen LogP contribution in [-0.2, 0) is 12.8 Å². The SMILES string of the molecule is C1=CC=CNC=C1.Cc1cccc(C2C=c3c(ccc4c3=CCc3ccccc3-4)CC2)c1. The monoisotopic (exact) mass is 415 g/mol. The highest BCUT2D eigenvalue weighted by Crippen LogP contribution is 2.28. The highest BCUT2D eigenvalue weighted by molar-refractivity contribution is 5.74. The molecule has 1 heteroatoms. The molecule has 3 aliphatic rings. The standard InChI is InChI=1S/C25H22.C6H7N/c1-17-5-4-7-20(15-17)21-10-9-19-12-13-23-22-8-3-2-6-18(22)11-14-24(23)25(19)16-21;1-2-4-6-7-5-3-1/h2-8,12-16,21H,9-11H2,1H3;1-7H. The minimum absolute atomic E-state index is 0.532. The zero-order valence-corrected chi connectivity index (χ0v) is 18.6. The largest absolute Gasteiger partial charge is 0.368 e. The van der Waals surface area contributed by atoms with Crippen molar-refractivity contribution in [3.8, 4) is 11.1 Å². The number of rotatable bonds is 1. The first kappa shape index (κ1) is 20.3. The summed E-state index contributed by atoms with van der Waals surface area (Å²) in [6, 6.07) is 22.5. The molecule has 3 aromatic carbocycles. The smallest absolute Gasteiger partial charge is 0.00305 e. The number of fused-ring (bicyclic) bond motifs is 5. The van der Waals surface area contributed by atoms with Gasteiger partial charge >= 0.3 is 0 Å². The van der Waals surface area contributed by atoms with E-state index < -0.39 is 0 Å². The highest BCUT2D eigenvalue weighted by Gasteiger charge is 2.18. The predicted octanol–water partition coefficient (Wildman–Crippen LogP) is 5.68. The summed E-state index contributed by atoms with van der Waals surface area (Å²) in [5, 5.41) is 5.85. The van der Waals surface area contributed by atoms with Gasteiger partial charge in [0.2, 0.25) is 0 Å². The number of hydrogen-bond donors (Lipinski definition) is 1. The van der Waals surface area contributed by atoms with Crippen LogP contribution in [0, 0.1) is 6.92 Å². The van der Waals surface area contributed by atoms with Crippen LogP contribution in [0.1, 0.15) is 34.6 Å². The third-order valence-corrected chi connectivity index (χ3v) is 6.49. The van der Waals surface area contributed by atoms with Gasteiger partial charge in [0.05, 0.1) is 0 Å². The van der Waals surface area contributed by atoms with Crippen LogP contribution in [0.25, 0.3) is 23.3 Å². The van der Waals surface area contributed by atoms with E-state index in [-0.39, 0.29) is 0 Å². The van der Waals surface area contributed by atoms with E-state index in [2.05, 4.69) is 85.1 Å². The van der Waals surface area contributed by atoms with Gasteiger partial charge < -0.3 is 5.32 Å². The quantitative estimate of drug-likeness (QED) is 0.539. The number of nitrogens with one attached hydrogen (secondary N) is 1. The van der Waals surface area contributed by atoms with Crippen molar-refractivity contribution in [1.82, 2.24) is 5.32 Å². The Morgan fingerprint density at radius 2 is 1.59 bits per heavy atom. The number of hydrogen-bond acceptors (Lipinski definition) is 1. The van der Waals surface area contributed by atoms with Gasteiger partial charge in [-0.05, 0) is 76.6 Å². The number of allylic oxidation sites excluding steroid dienone is 4. The van der Waals surface area contributed by atoms with Crippen molar-refractivity contribution in [2.24, 2.45) is 0 Å². The molecule has 1 atom stereocenters. The fourth-order valence-corrected chi connectivity index (χ4v) is 4.89.